The topological polar surface area (TPSA) is 69.6 Å². The highest BCUT2D eigenvalue weighted by Crippen LogP contribution is 2.10. The summed E-state index contributed by atoms with van der Waals surface area (Å²) in [6, 6.07) is 6.68. The number of amides is 2. The highest BCUT2D eigenvalue weighted by Gasteiger charge is 2.16. The molecule has 0 aliphatic rings. The first-order chi connectivity index (χ1) is 11.0. The summed E-state index contributed by atoms with van der Waals surface area (Å²) in [6.45, 7) is 5.62. The monoisotopic (exact) mass is 338 g/mol. The minimum Gasteiger partial charge on any atom is -0.390 e. The zero-order chi connectivity index (χ0) is 17.2. The molecule has 0 heterocycles. The van der Waals surface area contributed by atoms with Crippen LogP contribution in [0, 0.1) is 0 Å². The summed E-state index contributed by atoms with van der Waals surface area (Å²) in [6.07, 6.45) is 1.11. The van der Waals surface area contributed by atoms with Crippen LogP contribution in [-0.4, -0.2) is 53.3 Å². The lowest BCUT2D eigenvalue weighted by Crippen LogP contribution is -2.34. The highest BCUT2D eigenvalue weighted by atomic mass is 32.1. The Hall–Kier alpha value is -1.53. The van der Waals surface area contributed by atoms with Crippen molar-refractivity contribution in [2.75, 3.05) is 25.4 Å². The molecule has 2 N–H and O–H groups in total. The maximum absolute atomic E-state index is 12.6. The maximum Gasteiger partial charge on any atom is 0.253 e. The number of rotatable bonds is 9. The molecule has 1 atom stereocenters. The number of carbonyl (C=O) groups is 2. The standard InChI is InChI=1S/C17H26N2O3S/c1-3-8-19(9-4-2)17(22)14-7-5-6-13(10-14)16(21)18-11-15(20)12-23/h5-7,10,15,20,23H,3-4,8-9,11-12H2,1-2H3,(H,18,21)/t15-/m0/s1. The van der Waals surface area contributed by atoms with E-state index in [4.69, 9.17) is 0 Å². The third-order valence-electron chi connectivity index (χ3n) is 3.35. The Morgan fingerprint density at radius 2 is 1.83 bits per heavy atom. The molecule has 128 valence electrons. The zero-order valence-corrected chi connectivity index (χ0v) is 14.7. The van der Waals surface area contributed by atoms with Gasteiger partial charge in [0, 0.05) is 36.5 Å². The molecule has 5 nitrogen and oxygen atoms in total. The number of nitrogens with one attached hydrogen (secondary N) is 1. The number of benzene rings is 1. The second-order valence-electron chi connectivity index (χ2n) is 5.42. The molecule has 0 spiro atoms. The molecular formula is C17H26N2O3S. The molecule has 23 heavy (non-hydrogen) atoms. The van der Waals surface area contributed by atoms with Gasteiger partial charge in [0.25, 0.3) is 11.8 Å². The molecule has 0 fully saturated rings. The minimum absolute atomic E-state index is 0.0567. The van der Waals surface area contributed by atoms with Gasteiger partial charge in [0.15, 0.2) is 0 Å². The first kappa shape index (κ1) is 19.5. The summed E-state index contributed by atoms with van der Waals surface area (Å²) >= 11 is 3.96. The average molecular weight is 338 g/mol. The van der Waals surface area contributed by atoms with Gasteiger partial charge < -0.3 is 15.3 Å². The Morgan fingerprint density at radius 1 is 1.22 bits per heavy atom. The third kappa shape index (κ3) is 6.23. The average Bonchev–Trinajstić information content (AvgIpc) is 2.58. The van der Waals surface area contributed by atoms with Crippen LogP contribution in [0.2, 0.25) is 0 Å². The summed E-state index contributed by atoms with van der Waals surface area (Å²) in [7, 11) is 0. The summed E-state index contributed by atoms with van der Waals surface area (Å²) in [4.78, 5) is 26.5. The van der Waals surface area contributed by atoms with Crippen molar-refractivity contribution in [2.45, 2.75) is 32.8 Å². The van der Waals surface area contributed by atoms with Gasteiger partial charge in [0.1, 0.15) is 0 Å². The van der Waals surface area contributed by atoms with E-state index in [1.165, 1.54) is 0 Å². The summed E-state index contributed by atoms with van der Waals surface area (Å²) < 4.78 is 0. The lowest BCUT2D eigenvalue weighted by molar-refractivity contribution is 0.0755. The van der Waals surface area contributed by atoms with Gasteiger partial charge in [-0.1, -0.05) is 19.9 Å². The predicted octanol–water partition coefficient (Wildman–Crippen LogP) is 1.97. The SMILES string of the molecule is CCCN(CCC)C(=O)c1cccc(C(=O)NC[C@H](O)CS)c1. The van der Waals surface area contributed by atoms with E-state index in [-0.39, 0.29) is 24.1 Å². The molecular weight excluding hydrogens is 312 g/mol. The number of aliphatic hydroxyl groups excluding tert-OH is 1. The number of nitrogens with zero attached hydrogens (tertiary/aromatic N) is 1. The van der Waals surface area contributed by atoms with E-state index >= 15 is 0 Å². The number of aliphatic hydroxyl groups is 1. The molecule has 1 aromatic carbocycles. The number of hydrogen-bond donors (Lipinski definition) is 3. The van der Waals surface area contributed by atoms with E-state index in [0.29, 0.717) is 24.2 Å². The van der Waals surface area contributed by atoms with E-state index in [0.717, 1.165) is 12.8 Å². The van der Waals surface area contributed by atoms with E-state index < -0.39 is 6.10 Å². The van der Waals surface area contributed by atoms with Gasteiger partial charge in [-0.2, -0.15) is 12.6 Å². The van der Waals surface area contributed by atoms with E-state index in [2.05, 4.69) is 17.9 Å². The quantitative estimate of drug-likeness (QED) is 0.603. The molecule has 0 unspecified atom stereocenters. The Bertz CT molecular complexity index is 516. The van der Waals surface area contributed by atoms with Gasteiger partial charge in [-0.05, 0) is 31.0 Å². The van der Waals surface area contributed by atoms with Crippen LogP contribution in [0.25, 0.3) is 0 Å². The summed E-state index contributed by atoms with van der Waals surface area (Å²) in [5.41, 5.74) is 0.921. The van der Waals surface area contributed by atoms with Crippen LogP contribution in [-0.2, 0) is 0 Å². The zero-order valence-electron chi connectivity index (χ0n) is 13.8. The molecule has 1 rings (SSSR count). The smallest absolute Gasteiger partial charge is 0.253 e. The van der Waals surface area contributed by atoms with E-state index in [1.54, 1.807) is 24.3 Å². The summed E-state index contributed by atoms with van der Waals surface area (Å²) in [5, 5.41) is 12.1. The van der Waals surface area contributed by atoms with E-state index in [1.807, 2.05) is 18.7 Å². The maximum atomic E-state index is 12.6. The first-order valence-corrected chi connectivity index (χ1v) is 8.63. The molecule has 2 amide bonds. The van der Waals surface area contributed by atoms with Crippen LogP contribution in [0.3, 0.4) is 0 Å². The third-order valence-corrected chi connectivity index (χ3v) is 3.78. The van der Waals surface area contributed by atoms with Gasteiger partial charge >= 0.3 is 0 Å². The van der Waals surface area contributed by atoms with Crippen molar-refractivity contribution < 1.29 is 14.7 Å². The second-order valence-corrected chi connectivity index (χ2v) is 5.78. The molecule has 6 heteroatoms. The Kier molecular flexibility index (Phi) is 8.73. The number of thiol groups is 1. The van der Waals surface area contributed by atoms with Gasteiger partial charge in [-0.3, -0.25) is 9.59 Å². The lowest BCUT2D eigenvalue weighted by Gasteiger charge is -2.21. The molecule has 0 radical (unpaired) electrons. The lowest BCUT2D eigenvalue weighted by atomic mass is 10.1. The van der Waals surface area contributed by atoms with Gasteiger partial charge in [-0.15, -0.1) is 0 Å². The first-order valence-electron chi connectivity index (χ1n) is 7.99. The molecule has 0 aliphatic heterocycles. The molecule has 0 aromatic heterocycles. The van der Waals surface area contributed by atoms with Crippen LogP contribution in [0.1, 0.15) is 47.4 Å². The largest absolute Gasteiger partial charge is 0.390 e. The van der Waals surface area contributed by atoms with Crippen LogP contribution in [0.5, 0.6) is 0 Å². The molecule has 0 saturated heterocycles. The minimum atomic E-state index is -0.684. The number of hydrogen-bond acceptors (Lipinski definition) is 4. The van der Waals surface area contributed by atoms with Crippen molar-refractivity contribution >= 4 is 24.4 Å². The van der Waals surface area contributed by atoms with Crippen molar-refractivity contribution in [3.63, 3.8) is 0 Å². The van der Waals surface area contributed by atoms with E-state index in [9.17, 15) is 14.7 Å². The Balaban J connectivity index is 2.82. The van der Waals surface area contributed by atoms with Gasteiger partial charge in [-0.25, -0.2) is 0 Å². The highest BCUT2D eigenvalue weighted by molar-refractivity contribution is 7.80. The molecule has 0 aliphatic carbocycles. The second kappa shape index (κ2) is 10.3. The van der Waals surface area contributed by atoms with Crippen molar-refractivity contribution in [2.24, 2.45) is 0 Å². The van der Waals surface area contributed by atoms with Crippen molar-refractivity contribution in [3.05, 3.63) is 35.4 Å². The fraction of sp³-hybridized carbons (Fsp3) is 0.529. The van der Waals surface area contributed by atoms with Crippen LogP contribution >= 0.6 is 12.6 Å². The van der Waals surface area contributed by atoms with Crippen molar-refractivity contribution in [1.29, 1.82) is 0 Å². The normalized spacial score (nSPS) is 11.8. The van der Waals surface area contributed by atoms with Crippen molar-refractivity contribution in [3.8, 4) is 0 Å². The van der Waals surface area contributed by atoms with Crippen LogP contribution < -0.4 is 5.32 Å². The molecule has 0 bridgehead atoms. The fourth-order valence-electron chi connectivity index (χ4n) is 2.21. The van der Waals surface area contributed by atoms with Crippen LogP contribution in [0.4, 0.5) is 0 Å². The van der Waals surface area contributed by atoms with Gasteiger partial charge in [0.2, 0.25) is 0 Å². The van der Waals surface area contributed by atoms with Crippen LogP contribution in [0.15, 0.2) is 24.3 Å². The Morgan fingerprint density at radius 3 is 2.39 bits per heavy atom. The molecule has 0 saturated carbocycles. The number of carbonyl (C=O) groups excluding carboxylic acids is 2. The van der Waals surface area contributed by atoms with Crippen molar-refractivity contribution in [1.82, 2.24) is 10.2 Å². The fourth-order valence-corrected chi connectivity index (χ4v) is 2.34. The Labute approximate surface area is 143 Å². The van der Waals surface area contributed by atoms with Gasteiger partial charge in [0.05, 0.1) is 6.10 Å². The molecule has 1 aromatic rings. The summed E-state index contributed by atoms with van der Waals surface area (Å²) in [5.74, 6) is -0.0845. The predicted molar refractivity (Wildman–Crippen MR) is 95.1 cm³/mol.